The van der Waals surface area contributed by atoms with Gasteiger partial charge in [0, 0.05) is 18.0 Å². The van der Waals surface area contributed by atoms with E-state index in [1.54, 1.807) is 36.7 Å². The van der Waals surface area contributed by atoms with E-state index in [-0.39, 0.29) is 11.3 Å². The van der Waals surface area contributed by atoms with Crippen LogP contribution < -0.4 is 5.32 Å². The molecule has 0 unspecified atom stereocenters. The average molecular weight is 240 g/mol. The summed E-state index contributed by atoms with van der Waals surface area (Å²) in [6.07, 6.45) is 3.26. The van der Waals surface area contributed by atoms with Crippen LogP contribution in [0.25, 0.3) is 0 Å². The molecule has 1 heterocycles. The minimum atomic E-state index is -0.577. The fraction of sp³-hybridized carbons (Fsp3) is 0. The number of rotatable bonds is 3. The fourth-order valence-electron chi connectivity index (χ4n) is 1.47. The van der Waals surface area contributed by atoms with Gasteiger partial charge in [0.25, 0.3) is 5.69 Å². The maximum Gasteiger partial charge on any atom is 0.287 e. The Balaban J connectivity index is 2.32. The van der Waals surface area contributed by atoms with Gasteiger partial charge in [0.15, 0.2) is 0 Å². The van der Waals surface area contributed by atoms with Crippen molar-refractivity contribution in [3.05, 3.63) is 58.4 Å². The highest BCUT2D eigenvalue weighted by atomic mass is 16.6. The zero-order valence-corrected chi connectivity index (χ0v) is 9.20. The lowest BCUT2D eigenvalue weighted by Crippen LogP contribution is -1.95. The van der Waals surface area contributed by atoms with Crippen LogP contribution in [0, 0.1) is 21.4 Å². The number of nitro groups is 1. The summed E-state index contributed by atoms with van der Waals surface area (Å²) in [7, 11) is 0. The van der Waals surface area contributed by atoms with E-state index in [0.717, 1.165) is 5.69 Å². The largest absolute Gasteiger partial charge is 0.354 e. The van der Waals surface area contributed by atoms with Crippen LogP contribution in [0.3, 0.4) is 0 Å². The lowest BCUT2D eigenvalue weighted by atomic mass is 10.1. The first-order valence-electron chi connectivity index (χ1n) is 5.06. The summed E-state index contributed by atoms with van der Waals surface area (Å²) in [5, 5.41) is 22.5. The molecule has 0 spiro atoms. The van der Waals surface area contributed by atoms with Gasteiger partial charge in [-0.2, -0.15) is 5.26 Å². The van der Waals surface area contributed by atoms with E-state index in [1.165, 1.54) is 12.1 Å². The van der Waals surface area contributed by atoms with E-state index < -0.39 is 4.92 Å². The molecule has 2 aromatic rings. The van der Waals surface area contributed by atoms with E-state index in [1.807, 2.05) is 0 Å². The first-order chi connectivity index (χ1) is 8.70. The number of aromatic nitrogens is 1. The molecule has 6 nitrogen and oxygen atoms in total. The summed E-state index contributed by atoms with van der Waals surface area (Å²) in [6.45, 7) is 0. The van der Waals surface area contributed by atoms with Gasteiger partial charge in [0.2, 0.25) is 0 Å². The Morgan fingerprint density at radius 3 is 2.78 bits per heavy atom. The van der Waals surface area contributed by atoms with Gasteiger partial charge in [-0.05, 0) is 24.3 Å². The number of pyridine rings is 1. The van der Waals surface area contributed by atoms with Crippen LogP contribution in [-0.4, -0.2) is 9.91 Å². The van der Waals surface area contributed by atoms with Crippen molar-refractivity contribution in [1.82, 2.24) is 4.98 Å². The van der Waals surface area contributed by atoms with E-state index in [0.29, 0.717) is 5.69 Å². The summed E-state index contributed by atoms with van der Waals surface area (Å²) in [4.78, 5) is 14.0. The Kier molecular flexibility index (Phi) is 3.16. The van der Waals surface area contributed by atoms with E-state index in [4.69, 9.17) is 5.26 Å². The lowest BCUT2D eigenvalue weighted by molar-refractivity contribution is -0.385. The number of hydrogen-bond acceptors (Lipinski definition) is 5. The number of hydrogen-bond donors (Lipinski definition) is 1. The molecule has 0 aliphatic heterocycles. The summed E-state index contributed by atoms with van der Waals surface area (Å²) < 4.78 is 0. The highest BCUT2D eigenvalue weighted by Crippen LogP contribution is 2.23. The SMILES string of the molecule is N#Cc1cc(Nc2cccnc2)ccc1[N+](=O)[O-]. The molecule has 0 aliphatic carbocycles. The van der Waals surface area contributed by atoms with Gasteiger partial charge in [-0.25, -0.2) is 0 Å². The summed E-state index contributed by atoms with van der Waals surface area (Å²) in [5.41, 5.74) is 1.17. The molecular formula is C12H8N4O2. The molecule has 0 saturated carbocycles. The maximum absolute atomic E-state index is 10.7. The second-order valence-corrected chi connectivity index (χ2v) is 3.47. The van der Waals surface area contributed by atoms with Gasteiger partial charge >= 0.3 is 0 Å². The Labute approximate surface area is 103 Å². The average Bonchev–Trinajstić information content (AvgIpc) is 2.39. The molecule has 0 radical (unpaired) electrons. The number of anilines is 2. The Bertz CT molecular complexity index is 620. The quantitative estimate of drug-likeness (QED) is 0.657. The molecular weight excluding hydrogens is 232 g/mol. The zero-order chi connectivity index (χ0) is 13.0. The van der Waals surface area contributed by atoms with Gasteiger partial charge in [-0.15, -0.1) is 0 Å². The highest BCUT2D eigenvalue weighted by Gasteiger charge is 2.13. The number of nitro benzene ring substituents is 1. The second kappa shape index (κ2) is 4.93. The molecule has 0 bridgehead atoms. The molecule has 1 aromatic carbocycles. The first-order valence-corrected chi connectivity index (χ1v) is 5.06. The van der Waals surface area contributed by atoms with Crippen molar-refractivity contribution < 1.29 is 4.92 Å². The van der Waals surface area contributed by atoms with Crippen LogP contribution in [0.2, 0.25) is 0 Å². The van der Waals surface area contributed by atoms with Gasteiger partial charge < -0.3 is 5.32 Å². The van der Waals surface area contributed by atoms with Crippen molar-refractivity contribution in [3.63, 3.8) is 0 Å². The maximum atomic E-state index is 10.7. The monoisotopic (exact) mass is 240 g/mol. The third-order valence-corrected chi connectivity index (χ3v) is 2.26. The van der Waals surface area contributed by atoms with Gasteiger partial charge in [0.05, 0.1) is 16.8 Å². The van der Waals surface area contributed by atoms with Gasteiger partial charge in [-0.3, -0.25) is 15.1 Å². The molecule has 0 amide bonds. The van der Waals surface area contributed by atoms with Gasteiger partial charge in [-0.1, -0.05) is 0 Å². The highest BCUT2D eigenvalue weighted by molar-refractivity contribution is 5.64. The smallest absolute Gasteiger partial charge is 0.287 e. The topological polar surface area (TPSA) is 91.8 Å². The molecule has 2 rings (SSSR count). The third kappa shape index (κ3) is 2.41. The van der Waals surface area contributed by atoms with E-state index in [2.05, 4.69) is 10.3 Å². The fourth-order valence-corrected chi connectivity index (χ4v) is 1.47. The van der Waals surface area contributed by atoms with Crippen molar-refractivity contribution in [2.24, 2.45) is 0 Å². The standard InChI is InChI=1S/C12H8N4O2/c13-7-9-6-10(3-4-12(9)16(17)18)15-11-2-1-5-14-8-11/h1-6,8,15H. The Morgan fingerprint density at radius 1 is 1.33 bits per heavy atom. The van der Waals surface area contributed by atoms with Crippen molar-refractivity contribution in [2.45, 2.75) is 0 Å². The van der Waals surface area contributed by atoms with Gasteiger partial charge in [0.1, 0.15) is 11.6 Å². The van der Waals surface area contributed by atoms with Crippen molar-refractivity contribution in [3.8, 4) is 6.07 Å². The van der Waals surface area contributed by atoms with Crippen LogP contribution in [0.15, 0.2) is 42.7 Å². The lowest BCUT2D eigenvalue weighted by Gasteiger charge is -2.05. The van der Waals surface area contributed by atoms with Crippen molar-refractivity contribution >= 4 is 17.1 Å². The van der Waals surface area contributed by atoms with Crippen molar-refractivity contribution in [2.75, 3.05) is 5.32 Å². The molecule has 88 valence electrons. The number of nitriles is 1. The Morgan fingerprint density at radius 2 is 2.17 bits per heavy atom. The zero-order valence-electron chi connectivity index (χ0n) is 9.20. The second-order valence-electron chi connectivity index (χ2n) is 3.47. The number of nitrogens with zero attached hydrogens (tertiary/aromatic N) is 3. The molecule has 6 heteroatoms. The van der Waals surface area contributed by atoms with E-state index in [9.17, 15) is 10.1 Å². The molecule has 18 heavy (non-hydrogen) atoms. The molecule has 1 N–H and O–H groups in total. The summed E-state index contributed by atoms with van der Waals surface area (Å²) in [5.74, 6) is 0. The van der Waals surface area contributed by atoms with Crippen LogP contribution in [-0.2, 0) is 0 Å². The van der Waals surface area contributed by atoms with Crippen LogP contribution >= 0.6 is 0 Å². The molecule has 1 aromatic heterocycles. The summed E-state index contributed by atoms with van der Waals surface area (Å²) >= 11 is 0. The molecule has 0 aliphatic rings. The predicted octanol–water partition coefficient (Wildman–Crippen LogP) is 2.61. The first kappa shape index (κ1) is 11.5. The molecule has 0 fully saturated rings. The van der Waals surface area contributed by atoms with Crippen molar-refractivity contribution in [1.29, 1.82) is 5.26 Å². The van der Waals surface area contributed by atoms with E-state index >= 15 is 0 Å². The minimum Gasteiger partial charge on any atom is -0.354 e. The summed E-state index contributed by atoms with van der Waals surface area (Å²) in [6, 6.07) is 9.66. The number of nitrogens with one attached hydrogen (secondary N) is 1. The minimum absolute atomic E-state index is 0.0221. The van der Waals surface area contributed by atoms with Crippen LogP contribution in [0.4, 0.5) is 17.1 Å². The third-order valence-electron chi connectivity index (χ3n) is 2.26. The van der Waals surface area contributed by atoms with Crippen LogP contribution in [0.1, 0.15) is 5.56 Å². The predicted molar refractivity (Wildman–Crippen MR) is 65.3 cm³/mol. The normalized spacial score (nSPS) is 9.50. The molecule has 0 atom stereocenters. The Hall–Kier alpha value is -2.94. The molecule has 0 saturated heterocycles. The number of benzene rings is 1. The van der Waals surface area contributed by atoms with Crippen LogP contribution in [0.5, 0.6) is 0 Å².